The van der Waals surface area contributed by atoms with E-state index < -0.39 is 0 Å². The molecule has 0 radical (unpaired) electrons. The van der Waals surface area contributed by atoms with Crippen LogP contribution in [0.1, 0.15) is 26.2 Å². The molecule has 15 heavy (non-hydrogen) atoms. The van der Waals surface area contributed by atoms with Gasteiger partial charge in [0.1, 0.15) is 6.10 Å². The fourth-order valence-electron chi connectivity index (χ4n) is 2.20. The van der Waals surface area contributed by atoms with Crippen LogP contribution < -0.4 is 5.32 Å². The molecular formula is C11H20N2O2. The zero-order valence-corrected chi connectivity index (χ0v) is 9.53. The average molecular weight is 212 g/mol. The Labute approximate surface area is 91.0 Å². The van der Waals surface area contributed by atoms with Crippen molar-refractivity contribution >= 4 is 5.91 Å². The molecule has 1 N–H and O–H groups in total. The van der Waals surface area contributed by atoms with Crippen molar-refractivity contribution in [2.24, 2.45) is 0 Å². The number of methoxy groups -OCH3 is 1. The summed E-state index contributed by atoms with van der Waals surface area (Å²) < 4.78 is 5.12. The van der Waals surface area contributed by atoms with Gasteiger partial charge in [0.15, 0.2) is 0 Å². The first kappa shape index (κ1) is 10.9. The lowest BCUT2D eigenvalue weighted by molar-refractivity contribution is -0.143. The van der Waals surface area contributed by atoms with Gasteiger partial charge in [-0.25, -0.2) is 0 Å². The van der Waals surface area contributed by atoms with Crippen molar-refractivity contribution < 1.29 is 9.53 Å². The van der Waals surface area contributed by atoms with Crippen molar-refractivity contribution in [1.29, 1.82) is 0 Å². The number of ether oxygens (including phenoxy) is 1. The molecule has 2 rings (SSSR count). The van der Waals surface area contributed by atoms with Crippen LogP contribution in [-0.4, -0.2) is 49.2 Å². The van der Waals surface area contributed by atoms with Gasteiger partial charge in [0, 0.05) is 25.7 Å². The van der Waals surface area contributed by atoms with E-state index in [9.17, 15) is 4.79 Å². The lowest BCUT2D eigenvalue weighted by Gasteiger charge is -2.30. The Kier molecular flexibility index (Phi) is 3.26. The van der Waals surface area contributed by atoms with Gasteiger partial charge in [-0.15, -0.1) is 0 Å². The van der Waals surface area contributed by atoms with Crippen molar-refractivity contribution in [1.82, 2.24) is 10.2 Å². The lowest BCUT2D eigenvalue weighted by Crippen LogP contribution is -2.47. The van der Waals surface area contributed by atoms with E-state index >= 15 is 0 Å². The fourth-order valence-corrected chi connectivity index (χ4v) is 2.20. The first-order valence-electron chi connectivity index (χ1n) is 5.79. The molecule has 2 unspecified atom stereocenters. The molecule has 86 valence electrons. The van der Waals surface area contributed by atoms with Crippen LogP contribution in [0.3, 0.4) is 0 Å². The Morgan fingerprint density at radius 1 is 1.40 bits per heavy atom. The molecule has 2 aliphatic rings. The van der Waals surface area contributed by atoms with Gasteiger partial charge in [-0.1, -0.05) is 0 Å². The fraction of sp³-hybridized carbons (Fsp3) is 0.909. The van der Waals surface area contributed by atoms with E-state index in [4.69, 9.17) is 4.74 Å². The average Bonchev–Trinajstić information content (AvgIpc) is 2.92. The minimum atomic E-state index is -0.300. The van der Waals surface area contributed by atoms with Gasteiger partial charge in [0.25, 0.3) is 5.91 Å². The SMILES string of the molecule is COC(C)C(=O)N(C1CC1)C1CCNC1. The van der Waals surface area contributed by atoms with Crippen molar-refractivity contribution in [3.05, 3.63) is 0 Å². The van der Waals surface area contributed by atoms with Crippen LogP contribution in [0.25, 0.3) is 0 Å². The molecule has 0 bridgehead atoms. The zero-order chi connectivity index (χ0) is 10.8. The normalized spacial score (nSPS) is 27.7. The predicted octanol–water partition coefficient (Wildman–Crippen LogP) is 0.374. The Morgan fingerprint density at radius 2 is 2.13 bits per heavy atom. The third-order valence-corrected chi connectivity index (χ3v) is 3.32. The molecular weight excluding hydrogens is 192 g/mol. The summed E-state index contributed by atoms with van der Waals surface area (Å²) in [5.41, 5.74) is 0. The van der Waals surface area contributed by atoms with Gasteiger partial charge in [-0.05, 0) is 32.7 Å². The first-order chi connectivity index (χ1) is 7.24. The molecule has 4 heteroatoms. The summed E-state index contributed by atoms with van der Waals surface area (Å²) in [6, 6.07) is 0.877. The number of nitrogens with zero attached hydrogens (tertiary/aromatic N) is 1. The van der Waals surface area contributed by atoms with Crippen LogP contribution in [0.15, 0.2) is 0 Å². The van der Waals surface area contributed by atoms with Crippen molar-refractivity contribution in [3.8, 4) is 0 Å². The maximum Gasteiger partial charge on any atom is 0.251 e. The largest absolute Gasteiger partial charge is 0.372 e. The molecule has 2 atom stereocenters. The Bertz CT molecular complexity index is 235. The van der Waals surface area contributed by atoms with Gasteiger partial charge < -0.3 is 15.0 Å². The van der Waals surface area contributed by atoms with Crippen LogP contribution in [0.4, 0.5) is 0 Å². The smallest absolute Gasteiger partial charge is 0.251 e. The molecule has 1 amide bonds. The summed E-state index contributed by atoms with van der Waals surface area (Å²) in [5.74, 6) is 0.161. The van der Waals surface area contributed by atoms with E-state index in [-0.39, 0.29) is 12.0 Å². The molecule has 1 aliphatic carbocycles. The van der Waals surface area contributed by atoms with Gasteiger partial charge in [-0.2, -0.15) is 0 Å². The zero-order valence-electron chi connectivity index (χ0n) is 9.53. The van der Waals surface area contributed by atoms with Crippen LogP contribution in [0.5, 0.6) is 0 Å². The summed E-state index contributed by atoms with van der Waals surface area (Å²) in [4.78, 5) is 14.2. The second kappa shape index (κ2) is 4.49. The Morgan fingerprint density at radius 3 is 2.60 bits per heavy atom. The molecule has 4 nitrogen and oxygen atoms in total. The summed E-state index contributed by atoms with van der Waals surface area (Å²) >= 11 is 0. The third kappa shape index (κ3) is 2.32. The highest BCUT2D eigenvalue weighted by Crippen LogP contribution is 2.31. The maximum absolute atomic E-state index is 12.1. The summed E-state index contributed by atoms with van der Waals surface area (Å²) in [7, 11) is 1.60. The number of carbonyl (C=O) groups is 1. The number of rotatable bonds is 4. The van der Waals surface area contributed by atoms with Crippen molar-refractivity contribution in [3.63, 3.8) is 0 Å². The van der Waals surface area contributed by atoms with Gasteiger partial charge in [0.05, 0.1) is 0 Å². The molecule has 0 aromatic heterocycles. The topological polar surface area (TPSA) is 41.6 Å². The number of hydrogen-bond donors (Lipinski definition) is 1. The van der Waals surface area contributed by atoms with Gasteiger partial charge >= 0.3 is 0 Å². The van der Waals surface area contributed by atoms with E-state index in [0.717, 1.165) is 19.5 Å². The van der Waals surface area contributed by atoms with Crippen LogP contribution in [0, 0.1) is 0 Å². The number of carbonyl (C=O) groups excluding carboxylic acids is 1. The monoisotopic (exact) mass is 212 g/mol. The number of amides is 1. The molecule has 0 aromatic carbocycles. The highest BCUT2D eigenvalue weighted by molar-refractivity contribution is 5.81. The van der Waals surface area contributed by atoms with E-state index in [0.29, 0.717) is 12.1 Å². The predicted molar refractivity (Wildman–Crippen MR) is 57.6 cm³/mol. The molecule has 0 spiro atoms. The Hall–Kier alpha value is -0.610. The molecule has 2 fully saturated rings. The standard InChI is InChI=1S/C11H20N2O2/c1-8(15-2)11(14)13(9-3-4-9)10-5-6-12-7-10/h8-10,12H,3-7H2,1-2H3. The minimum Gasteiger partial charge on any atom is -0.372 e. The molecule has 1 saturated heterocycles. The first-order valence-corrected chi connectivity index (χ1v) is 5.79. The number of hydrogen-bond acceptors (Lipinski definition) is 3. The third-order valence-electron chi connectivity index (χ3n) is 3.32. The summed E-state index contributed by atoms with van der Waals surface area (Å²) in [6.07, 6.45) is 3.11. The molecule has 1 heterocycles. The summed E-state index contributed by atoms with van der Waals surface area (Å²) in [6.45, 7) is 3.81. The molecule has 0 aromatic rings. The van der Waals surface area contributed by atoms with Gasteiger partial charge in [0.2, 0.25) is 0 Å². The highest BCUT2D eigenvalue weighted by Gasteiger charge is 2.39. The quantitative estimate of drug-likeness (QED) is 0.732. The lowest BCUT2D eigenvalue weighted by atomic mass is 10.2. The van der Waals surface area contributed by atoms with E-state index in [2.05, 4.69) is 10.2 Å². The minimum absolute atomic E-state index is 0.161. The number of nitrogens with one attached hydrogen (secondary N) is 1. The highest BCUT2D eigenvalue weighted by atomic mass is 16.5. The Balaban J connectivity index is 2.01. The van der Waals surface area contributed by atoms with Crippen molar-refractivity contribution in [2.75, 3.05) is 20.2 Å². The van der Waals surface area contributed by atoms with Crippen LogP contribution >= 0.6 is 0 Å². The second-order valence-corrected chi connectivity index (χ2v) is 4.50. The van der Waals surface area contributed by atoms with E-state index in [1.807, 2.05) is 6.92 Å². The van der Waals surface area contributed by atoms with Crippen LogP contribution in [-0.2, 0) is 9.53 Å². The van der Waals surface area contributed by atoms with E-state index in [1.54, 1.807) is 7.11 Å². The molecule has 1 saturated carbocycles. The van der Waals surface area contributed by atoms with E-state index in [1.165, 1.54) is 12.8 Å². The van der Waals surface area contributed by atoms with Gasteiger partial charge in [-0.3, -0.25) is 4.79 Å². The second-order valence-electron chi connectivity index (χ2n) is 4.50. The summed E-state index contributed by atoms with van der Waals surface area (Å²) in [5, 5.41) is 3.31. The maximum atomic E-state index is 12.1. The van der Waals surface area contributed by atoms with Crippen LogP contribution in [0.2, 0.25) is 0 Å². The van der Waals surface area contributed by atoms with Crippen molar-refractivity contribution in [2.45, 2.75) is 44.4 Å². The molecule has 1 aliphatic heterocycles.